The van der Waals surface area contributed by atoms with Crippen LogP contribution in [0.3, 0.4) is 0 Å². The first-order valence-electron chi connectivity index (χ1n) is 9.40. The average Bonchev–Trinajstić information content (AvgIpc) is 2.69. The SMILES string of the molecule is Cc1ccc(C(C=C[CH]=[W])=CN(c2cccc(C)c2)c2cccc(C)c2)cc1. The molecule has 0 N–H and O–H groups in total. The predicted octanol–water partition coefficient (Wildman–Crippen LogP) is 6.70. The molecule has 0 amide bonds. The number of nitrogens with zero attached hydrogens (tertiary/aromatic N) is 1. The molecule has 0 aliphatic carbocycles. The van der Waals surface area contributed by atoms with Crippen LogP contribution in [-0.2, 0) is 19.4 Å². The summed E-state index contributed by atoms with van der Waals surface area (Å²) in [5.41, 5.74) is 8.49. The molecule has 3 aromatic rings. The molecule has 0 unspecified atom stereocenters. The van der Waals surface area contributed by atoms with Gasteiger partial charge >= 0.3 is 180 Å². The van der Waals surface area contributed by atoms with Gasteiger partial charge in [0.25, 0.3) is 0 Å². The number of hydrogen-bond acceptors (Lipinski definition) is 1. The molecule has 1 nitrogen and oxygen atoms in total. The molecule has 0 saturated heterocycles. The molecule has 3 aromatic carbocycles. The normalized spacial score (nSPS) is 11.6. The molecular formula is C26H25NW. The van der Waals surface area contributed by atoms with E-state index in [4.69, 9.17) is 0 Å². The fourth-order valence-corrected chi connectivity index (χ4v) is 3.38. The predicted molar refractivity (Wildman–Crippen MR) is 119 cm³/mol. The Morgan fingerprint density at radius 2 is 1.32 bits per heavy atom. The standard InChI is InChI=1S/C26H25N.W/c1-5-8-24(23-15-13-20(2)14-16-23)19-27(25-11-6-9-21(3)17-25)26-12-7-10-22(4)18-26;/h1,5-19H,2-4H3;. The van der Waals surface area contributed by atoms with Gasteiger partial charge in [0.15, 0.2) is 0 Å². The third kappa shape index (κ3) is 5.27. The zero-order chi connectivity index (χ0) is 19.9. The van der Waals surface area contributed by atoms with Crippen LogP contribution in [0.5, 0.6) is 0 Å². The summed E-state index contributed by atoms with van der Waals surface area (Å²) in [5, 5.41) is 0. The summed E-state index contributed by atoms with van der Waals surface area (Å²) in [5.74, 6) is 0. The van der Waals surface area contributed by atoms with E-state index in [9.17, 15) is 0 Å². The van der Waals surface area contributed by atoms with E-state index in [2.05, 4.69) is 121 Å². The Labute approximate surface area is 179 Å². The summed E-state index contributed by atoms with van der Waals surface area (Å²) in [6.07, 6.45) is 6.56. The topological polar surface area (TPSA) is 3.24 Å². The van der Waals surface area contributed by atoms with Crippen molar-refractivity contribution in [3.63, 3.8) is 0 Å². The molecule has 0 saturated carbocycles. The van der Waals surface area contributed by atoms with Gasteiger partial charge in [0.1, 0.15) is 0 Å². The quantitative estimate of drug-likeness (QED) is 0.318. The summed E-state index contributed by atoms with van der Waals surface area (Å²) < 4.78 is 2.14. The Morgan fingerprint density at radius 3 is 1.82 bits per heavy atom. The first kappa shape index (κ1) is 20.2. The zero-order valence-corrected chi connectivity index (χ0v) is 19.5. The van der Waals surface area contributed by atoms with E-state index in [1.54, 1.807) is 0 Å². The van der Waals surface area contributed by atoms with Gasteiger partial charge in [0.05, 0.1) is 0 Å². The Kier molecular flexibility index (Phi) is 6.95. The molecule has 0 aliphatic rings. The van der Waals surface area contributed by atoms with Crippen LogP contribution in [0, 0.1) is 20.8 Å². The molecule has 28 heavy (non-hydrogen) atoms. The van der Waals surface area contributed by atoms with Gasteiger partial charge in [-0.3, -0.25) is 0 Å². The fraction of sp³-hybridized carbons (Fsp3) is 0.115. The van der Waals surface area contributed by atoms with Gasteiger partial charge in [-0.05, 0) is 0 Å². The van der Waals surface area contributed by atoms with Crippen molar-refractivity contribution < 1.29 is 19.4 Å². The van der Waals surface area contributed by atoms with E-state index in [1.165, 1.54) is 47.2 Å². The van der Waals surface area contributed by atoms with Crippen LogP contribution in [0.25, 0.3) is 5.57 Å². The van der Waals surface area contributed by atoms with Crippen molar-refractivity contribution in [1.82, 2.24) is 0 Å². The molecule has 0 atom stereocenters. The van der Waals surface area contributed by atoms with Crippen molar-refractivity contribution in [2.24, 2.45) is 0 Å². The molecule has 0 heterocycles. The second kappa shape index (κ2) is 9.62. The Morgan fingerprint density at radius 1 is 0.750 bits per heavy atom. The molecule has 0 aromatic heterocycles. The number of allylic oxidation sites excluding steroid dienone is 3. The van der Waals surface area contributed by atoms with Crippen LogP contribution >= 0.6 is 0 Å². The number of anilines is 2. The Bertz CT molecular complexity index is 967. The van der Waals surface area contributed by atoms with Crippen molar-refractivity contribution >= 4 is 21.3 Å². The first-order valence-corrected chi connectivity index (χ1v) is 11.1. The summed E-state index contributed by atoms with van der Waals surface area (Å²) in [4.78, 5) is 2.28. The third-order valence-electron chi connectivity index (χ3n) is 4.57. The van der Waals surface area contributed by atoms with Gasteiger partial charge in [-0.25, -0.2) is 0 Å². The molecule has 140 valence electrons. The monoisotopic (exact) mass is 535 g/mol. The van der Waals surface area contributed by atoms with E-state index >= 15 is 0 Å². The van der Waals surface area contributed by atoms with Crippen molar-refractivity contribution in [3.05, 3.63) is 113 Å². The maximum absolute atomic E-state index is 2.28. The van der Waals surface area contributed by atoms with Gasteiger partial charge in [0.2, 0.25) is 0 Å². The van der Waals surface area contributed by atoms with E-state index in [1.807, 2.05) is 0 Å². The van der Waals surface area contributed by atoms with E-state index in [-0.39, 0.29) is 0 Å². The number of rotatable bonds is 6. The second-order valence-electron chi connectivity index (χ2n) is 6.99. The van der Waals surface area contributed by atoms with Gasteiger partial charge in [-0.1, -0.05) is 0 Å². The van der Waals surface area contributed by atoms with E-state index < -0.39 is 0 Å². The molecule has 0 radical (unpaired) electrons. The molecule has 0 fully saturated rings. The Balaban J connectivity index is 2.17. The summed E-state index contributed by atoms with van der Waals surface area (Å²) in [6, 6.07) is 26.0. The van der Waals surface area contributed by atoms with Crippen LogP contribution in [-0.4, -0.2) is 4.40 Å². The molecule has 2 heteroatoms. The van der Waals surface area contributed by atoms with Crippen molar-refractivity contribution in [3.8, 4) is 0 Å². The second-order valence-corrected chi connectivity index (χ2v) is 7.97. The molecule has 3 rings (SSSR count). The summed E-state index contributed by atoms with van der Waals surface area (Å²) >= 11 is 1.45. The molecule has 0 spiro atoms. The van der Waals surface area contributed by atoms with Gasteiger partial charge in [-0.2, -0.15) is 0 Å². The van der Waals surface area contributed by atoms with Gasteiger partial charge in [-0.15, -0.1) is 0 Å². The average molecular weight is 535 g/mol. The minimum absolute atomic E-state index is 1.16. The van der Waals surface area contributed by atoms with Gasteiger partial charge in [0, 0.05) is 0 Å². The molecule has 0 bridgehead atoms. The summed E-state index contributed by atoms with van der Waals surface area (Å²) in [7, 11) is 0. The number of benzene rings is 3. The minimum atomic E-state index is 1.16. The van der Waals surface area contributed by atoms with E-state index in [0.29, 0.717) is 0 Å². The van der Waals surface area contributed by atoms with E-state index in [0.717, 1.165) is 11.4 Å². The molecule has 0 aliphatic heterocycles. The molecular weight excluding hydrogens is 510 g/mol. The van der Waals surface area contributed by atoms with Crippen LogP contribution in [0.1, 0.15) is 22.3 Å². The van der Waals surface area contributed by atoms with Crippen molar-refractivity contribution in [2.75, 3.05) is 4.90 Å². The summed E-state index contributed by atoms with van der Waals surface area (Å²) in [6.45, 7) is 6.40. The fourth-order valence-electron chi connectivity index (χ4n) is 3.10. The third-order valence-corrected chi connectivity index (χ3v) is 5.13. The van der Waals surface area contributed by atoms with Crippen LogP contribution in [0.15, 0.2) is 91.1 Å². The Hall–Kier alpha value is -2.50. The number of aryl methyl sites for hydroxylation is 3. The maximum atomic E-state index is 2.28. The van der Waals surface area contributed by atoms with Crippen molar-refractivity contribution in [2.45, 2.75) is 20.8 Å². The van der Waals surface area contributed by atoms with Crippen LogP contribution in [0.4, 0.5) is 11.4 Å². The van der Waals surface area contributed by atoms with Crippen molar-refractivity contribution in [1.29, 1.82) is 0 Å². The zero-order valence-electron chi connectivity index (χ0n) is 16.6. The first-order chi connectivity index (χ1) is 13.6. The van der Waals surface area contributed by atoms with Crippen LogP contribution < -0.4 is 4.90 Å². The van der Waals surface area contributed by atoms with Crippen LogP contribution in [0.2, 0.25) is 0 Å². The number of hydrogen-bond donors (Lipinski definition) is 0. The van der Waals surface area contributed by atoms with Gasteiger partial charge < -0.3 is 0 Å².